The summed E-state index contributed by atoms with van der Waals surface area (Å²) in [5.74, 6) is 5.59. The van der Waals surface area contributed by atoms with Gasteiger partial charge in [0.15, 0.2) is 0 Å². The fourth-order valence-electron chi connectivity index (χ4n) is 1.20. The third kappa shape index (κ3) is 3.12. The molecule has 0 atom stereocenters. The van der Waals surface area contributed by atoms with E-state index in [-0.39, 0.29) is 10.9 Å². The maximum Gasteiger partial charge on any atom is 0.295 e. The van der Waals surface area contributed by atoms with Gasteiger partial charge in [-0.3, -0.25) is 4.79 Å². The van der Waals surface area contributed by atoms with Crippen molar-refractivity contribution in [3.8, 4) is 0 Å². The number of allylic oxidation sites excluding steroid dienone is 1. The van der Waals surface area contributed by atoms with E-state index in [1.54, 1.807) is 0 Å². The minimum absolute atomic E-state index is 0.140. The smallest absolute Gasteiger partial charge is 0.295 e. The van der Waals surface area contributed by atoms with Gasteiger partial charge in [-0.25, -0.2) is 8.78 Å². The molecule has 1 aromatic rings. The summed E-state index contributed by atoms with van der Waals surface area (Å²) in [4.78, 5) is 12.7. The van der Waals surface area contributed by atoms with Crippen LogP contribution in [0.25, 0.3) is 0 Å². The normalized spacial score (nSPS) is 11.6. The molecule has 106 valence electrons. The molecule has 0 saturated carbocycles. The van der Waals surface area contributed by atoms with Crippen LogP contribution in [0.2, 0.25) is 0 Å². The Hall–Kier alpha value is -1.44. The summed E-state index contributed by atoms with van der Waals surface area (Å²) >= 11 is 1.10. The predicted molar refractivity (Wildman–Crippen MR) is 71.0 cm³/mol. The van der Waals surface area contributed by atoms with Crippen molar-refractivity contribution >= 4 is 11.8 Å². The molecule has 0 bridgehead atoms. The first-order valence-corrected chi connectivity index (χ1v) is 6.44. The van der Waals surface area contributed by atoms with Crippen molar-refractivity contribution in [2.45, 2.75) is 30.8 Å². The molecule has 1 aromatic heterocycles. The number of thioether (sulfide) groups is 1. The van der Waals surface area contributed by atoms with E-state index < -0.39 is 24.3 Å². The number of nitrogens with two attached hydrogens (primary N) is 1. The molecule has 19 heavy (non-hydrogen) atoms. The molecule has 0 unspecified atom stereocenters. The molecule has 0 aliphatic carbocycles. The Kier molecular flexibility index (Phi) is 5.04. The summed E-state index contributed by atoms with van der Waals surface area (Å²) in [5, 5.41) is 7.52. The highest BCUT2D eigenvalue weighted by atomic mass is 32.2. The number of rotatable bonds is 6. The van der Waals surface area contributed by atoms with Gasteiger partial charge in [-0.1, -0.05) is 25.3 Å². The van der Waals surface area contributed by atoms with Crippen LogP contribution in [0, 0.1) is 0 Å². The van der Waals surface area contributed by atoms with Gasteiger partial charge in [-0.05, 0) is 18.2 Å². The largest absolute Gasteiger partial charge is 0.334 e. The first-order chi connectivity index (χ1) is 8.89. The van der Waals surface area contributed by atoms with Crippen LogP contribution in [0.4, 0.5) is 8.78 Å². The fourth-order valence-corrected chi connectivity index (χ4v) is 1.86. The quantitative estimate of drug-likeness (QED) is 0.636. The summed E-state index contributed by atoms with van der Waals surface area (Å²) in [5.41, 5.74) is -2.68. The van der Waals surface area contributed by atoms with Crippen LogP contribution in [0.1, 0.15) is 26.0 Å². The summed E-state index contributed by atoms with van der Waals surface area (Å²) < 4.78 is 26.5. The number of hydrogen-bond donors (Lipinski definition) is 1. The van der Waals surface area contributed by atoms with E-state index >= 15 is 0 Å². The van der Waals surface area contributed by atoms with E-state index in [2.05, 4.69) is 16.8 Å². The molecule has 8 heteroatoms. The predicted octanol–water partition coefficient (Wildman–Crippen LogP) is 1.56. The van der Waals surface area contributed by atoms with E-state index in [0.29, 0.717) is 6.42 Å². The van der Waals surface area contributed by atoms with Gasteiger partial charge in [0, 0.05) is 0 Å². The first-order valence-electron chi connectivity index (χ1n) is 5.62. The minimum Gasteiger partial charge on any atom is -0.334 e. The lowest BCUT2D eigenvalue weighted by atomic mass is 9.90. The average Bonchev–Trinajstić information content (AvgIpc) is 2.43. The zero-order valence-electron chi connectivity index (χ0n) is 10.8. The molecule has 0 radical (unpaired) electrons. The van der Waals surface area contributed by atoms with E-state index in [9.17, 15) is 13.6 Å². The fraction of sp³-hybridized carbons (Fsp3) is 0.545. The lowest BCUT2D eigenvalue weighted by molar-refractivity contribution is 0.247. The van der Waals surface area contributed by atoms with Gasteiger partial charge >= 0.3 is 0 Å². The lowest BCUT2D eigenvalue weighted by Crippen LogP contribution is -2.42. The highest BCUT2D eigenvalue weighted by Crippen LogP contribution is 2.25. The number of alkyl halides is 2. The Bertz CT molecular complexity index is 528. The second kappa shape index (κ2) is 6.14. The Balaban J connectivity index is 3.25. The third-order valence-electron chi connectivity index (χ3n) is 2.65. The van der Waals surface area contributed by atoms with Crippen molar-refractivity contribution in [1.82, 2.24) is 14.9 Å². The Morgan fingerprint density at radius 3 is 2.53 bits per heavy atom. The van der Waals surface area contributed by atoms with Gasteiger partial charge in [0.1, 0.15) is 19.0 Å². The molecular formula is C11H16F2N4OS. The maximum atomic E-state index is 12.9. The molecule has 1 heterocycles. The molecule has 1 rings (SSSR count). The van der Waals surface area contributed by atoms with E-state index in [1.165, 1.54) is 6.92 Å². The van der Waals surface area contributed by atoms with E-state index in [0.717, 1.165) is 21.3 Å². The number of nitrogen functional groups attached to an aromatic ring is 1. The Labute approximate surface area is 113 Å². The van der Waals surface area contributed by atoms with Crippen LogP contribution in [-0.2, 0) is 5.41 Å². The molecule has 5 nitrogen and oxygen atoms in total. The summed E-state index contributed by atoms with van der Waals surface area (Å²) in [7, 11) is 0. The van der Waals surface area contributed by atoms with Crippen LogP contribution in [-0.4, -0.2) is 28.2 Å². The van der Waals surface area contributed by atoms with Gasteiger partial charge in [0.25, 0.3) is 5.56 Å². The zero-order chi connectivity index (χ0) is 14.6. The minimum atomic E-state index is -1.61. The van der Waals surface area contributed by atoms with Gasteiger partial charge in [0.05, 0.1) is 5.41 Å². The average molecular weight is 290 g/mol. The summed E-state index contributed by atoms with van der Waals surface area (Å²) in [6.45, 7) is 4.79. The summed E-state index contributed by atoms with van der Waals surface area (Å²) in [6, 6.07) is 0. The lowest BCUT2D eigenvalue weighted by Gasteiger charge is -2.20. The van der Waals surface area contributed by atoms with Crippen LogP contribution < -0.4 is 11.4 Å². The molecule has 0 fully saturated rings. The number of aromatic nitrogens is 3. The van der Waals surface area contributed by atoms with E-state index in [4.69, 9.17) is 5.84 Å². The van der Waals surface area contributed by atoms with Gasteiger partial charge in [-0.15, -0.1) is 10.2 Å². The summed E-state index contributed by atoms with van der Waals surface area (Å²) in [6.07, 6.45) is 0.676. The van der Waals surface area contributed by atoms with Crippen LogP contribution in [0.3, 0.4) is 0 Å². The Morgan fingerprint density at radius 1 is 1.47 bits per heavy atom. The number of halogens is 2. The van der Waals surface area contributed by atoms with Crippen LogP contribution in [0.15, 0.2) is 21.4 Å². The van der Waals surface area contributed by atoms with Crippen molar-refractivity contribution < 1.29 is 8.78 Å². The van der Waals surface area contributed by atoms with Gasteiger partial charge in [0.2, 0.25) is 5.16 Å². The van der Waals surface area contributed by atoms with E-state index in [1.807, 2.05) is 6.92 Å². The van der Waals surface area contributed by atoms with Crippen molar-refractivity contribution in [2.75, 3.05) is 19.2 Å². The second-order valence-corrected chi connectivity index (χ2v) is 5.48. The molecule has 0 aromatic carbocycles. The Morgan fingerprint density at radius 2 is 2.05 bits per heavy atom. The van der Waals surface area contributed by atoms with Crippen molar-refractivity contribution in [2.24, 2.45) is 0 Å². The molecule has 0 saturated heterocycles. The first kappa shape index (κ1) is 15.6. The van der Waals surface area contributed by atoms with Crippen molar-refractivity contribution in [3.05, 3.63) is 27.5 Å². The number of nitrogens with zero attached hydrogens (tertiary/aromatic N) is 3. The zero-order valence-corrected chi connectivity index (χ0v) is 11.6. The monoisotopic (exact) mass is 290 g/mol. The van der Waals surface area contributed by atoms with Crippen molar-refractivity contribution in [1.29, 1.82) is 0 Å². The maximum absolute atomic E-state index is 12.9. The highest BCUT2D eigenvalue weighted by molar-refractivity contribution is 8.02. The number of hydrogen-bond acceptors (Lipinski definition) is 5. The molecular weight excluding hydrogens is 274 g/mol. The molecule has 0 aliphatic rings. The standard InChI is InChI=1S/C11H16F2N4OS/c1-4-7(2)19-10-16-15-8(9(18)17(10)14)11(3,5-12)6-13/h2,4-6,14H2,1,3H3. The molecule has 2 N–H and O–H groups in total. The van der Waals surface area contributed by atoms with Gasteiger partial charge in [-0.2, -0.15) is 4.68 Å². The second-order valence-electron chi connectivity index (χ2n) is 4.33. The van der Waals surface area contributed by atoms with Crippen LogP contribution in [0.5, 0.6) is 0 Å². The molecule has 0 amide bonds. The highest BCUT2D eigenvalue weighted by Gasteiger charge is 2.33. The molecule has 0 aliphatic heterocycles. The van der Waals surface area contributed by atoms with Crippen LogP contribution >= 0.6 is 11.8 Å². The molecule has 0 spiro atoms. The SMILES string of the molecule is C=C(CC)Sc1nnc(C(C)(CF)CF)c(=O)n1N. The third-order valence-corrected chi connectivity index (χ3v) is 3.69. The van der Waals surface area contributed by atoms with Crippen molar-refractivity contribution in [3.63, 3.8) is 0 Å². The topological polar surface area (TPSA) is 73.8 Å². The van der Waals surface area contributed by atoms with Gasteiger partial charge < -0.3 is 5.84 Å².